The molecule has 0 spiro atoms. The maximum atomic E-state index is 5.36. The lowest BCUT2D eigenvalue weighted by atomic mass is 10.1. The quantitative estimate of drug-likeness (QED) is 0.893. The van der Waals surface area contributed by atoms with E-state index in [-0.39, 0.29) is 0 Å². The third-order valence-corrected chi connectivity index (χ3v) is 3.60. The summed E-state index contributed by atoms with van der Waals surface area (Å²) >= 11 is 0. The zero-order valence-corrected chi connectivity index (χ0v) is 10.6. The van der Waals surface area contributed by atoms with E-state index in [1.54, 1.807) is 0 Å². The highest BCUT2D eigenvalue weighted by atomic mass is 16.5. The fourth-order valence-corrected chi connectivity index (χ4v) is 2.57. The molecule has 1 saturated heterocycles. The van der Waals surface area contributed by atoms with Gasteiger partial charge >= 0.3 is 0 Å². The van der Waals surface area contributed by atoms with Crippen LogP contribution in [0.4, 0.5) is 0 Å². The van der Waals surface area contributed by atoms with Crippen molar-refractivity contribution in [1.29, 1.82) is 0 Å². The van der Waals surface area contributed by atoms with Gasteiger partial charge in [0.25, 0.3) is 0 Å². The summed E-state index contributed by atoms with van der Waals surface area (Å²) in [6, 6.07) is 6.38. The summed E-state index contributed by atoms with van der Waals surface area (Å²) in [4.78, 5) is 2.49. The first kappa shape index (κ1) is 11.7. The Morgan fingerprint density at radius 1 is 1.28 bits per heavy atom. The number of ether oxygens (including phenoxy) is 1. The summed E-state index contributed by atoms with van der Waals surface area (Å²) in [6.07, 6.45) is 4.25. The van der Waals surface area contributed by atoms with E-state index in [2.05, 4.69) is 33.3 Å². The molecule has 0 unspecified atom stereocenters. The molecule has 2 aromatic rings. The van der Waals surface area contributed by atoms with E-state index in [9.17, 15) is 0 Å². The van der Waals surface area contributed by atoms with Crippen LogP contribution in [0.1, 0.15) is 12.0 Å². The van der Waals surface area contributed by atoms with Crippen molar-refractivity contribution in [1.82, 2.24) is 15.1 Å². The van der Waals surface area contributed by atoms with E-state index in [1.807, 2.05) is 6.20 Å². The Labute approximate surface area is 107 Å². The minimum absolute atomic E-state index is 0.886. The van der Waals surface area contributed by atoms with E-state index in [0.29, 0.717) is 0 Å². The second kappa shape index (κ2) is 5.50. The molecule has 0 amide bonds. The number of aromatic nitrogens is 2. The molecule has 3 rings (SSSR count). The molecule has 4 nitrogen and oxygen atoms in total. The van der Waals surface area contributed by atoms with Gasteiger partial charge in [0.15, 0.2) is 0 Å². The number of rotatable bonds is 4. The topological polar surface area (TPSA) is 41.1 Å². The number of morpholine rings is 1. The SMILES string of the molecule is c1cc(CCCN2CCOCC2)c2cn[nH]c2c1. The van der Waals surface area contributed by atoms with Gasteiger partial charge in [-0.15, -0.1) is 0 Å². The second-order valence-corrected chi connectivity index (χ2v) is 4.81. The van der Waals surface area contributed by atoms with Crippen LogP contribution < -0.4 is 0 Å². The number of nitrogens with zero attached hydrogens (tertiary/aromatic N) is 2. The van der Waals surface area contributed by atoms with E-state index in [1.165, 1.54) is 17.4 Å². The molecule has 0 bridgehead atoms. The zero-order valence-electron chi connectivity index (χ0n) is 10.6. The summed E-state index contributed by atoms with van der Waals surface area (Å²) in [5.41, 5.74) is 2.54. The Bertz CT molecular complexity index is 502. The Balaban J connectivity index is 1.57. The van der Waals surface area contributed by atoms with Gasteiger partial charge in [-0.2, -0.15) is 5.10 Å². The lowest BCUT2D eigenvalue weighted by Crippen LogP contribution is -2.36. The lowest BCUT2D eigenvalue weighted by Gasteiger charge is -2.26. The van der Waals surface area contributed by atoms with Gasteiger partial charge in [0.05, 0.1) is 24.9 Å². The predicted octanol–water partition coefficient (Wildman–Crippen LogP) is 1.83. The number of aromatic amines is 1. The van der Waals surface area contributed by atoms with Gasteiger partial charge in [0, 0.05) is 18.5 Å². The fourth-order valence-electron chi connectivity index (χ4n) is 2.57. The van der Waals surface area contributed by atoms with Gasteiger partial charge in [-0.05, 0) is 31.0 Å². The average Bonchev–Trinajstić information content (AvgIpc) is 2.89. The molecular weight excluding hydrogens is 226 g/mol. The zero-order chi connectivity index (χ0) is 12.2. The van der Waals surface area contributed by atoms with E-state index >= 15 is 0 Å². The van der Waals surface area contributed by atoms with Gasteiger partial charge in [0.2, 0.25) is 0 Å². The molecule has 0 aliphatic carbocycles. The van der Waals surface area contributed by atoms with Gasteiger partial charge < -0.3 is 4.74 Å². The molecule has 2 heterocycles. The van der Waals surface area contributed by atoms with Crippen LogP contribution in [-0.4, -0.2) is 47.9 Å². The summed E-state index contributed by atoms with van der Waals surface area (Å²) in [7, 11) is 0. The van der Waals surface area contributed by atoms with Crippen LogP contribution in [0.5, 0.6) is 0 Å². The number of aryl methyl sites for hydroxylation is 1. The number of fused-ring (bicyclic) bond motifs is 1. The van der Waals surface area contributed by atoms with Gasteiger partial charge in [-0.25, -0.2) is 0 Å². The molecule has 18 heavy (non-hydrogen) atoms. The molecule has 1 aromatic heterocycles. The number of hydrogen-bond donors (Lipinski definition) is 1. The van der Waals surface area contributed by atoms with E-state index in [0.717, 1.165) is 44.8 Å². The highest BCUT2D eigenvalue weighted by Gasteiger charge is 2.10. The van der Waals surface area contributed by atoms with Crippen LogP contribution in [0.3, 0.4) is 0 Å². The Hall–Kier alpha value is -1.39. The minimum Gasteiger partial charge on any atom is -0.379 e. The monoisotopic (exact) mass is 245 g/mol. The summed E-state index contributed by atoms with van der Waals surface area (Å²) in [5.74, 6) is 0. The third-order valence-electron chi connectivity index (χ3n) is 3.60. The molecule has 1 aliphatic heterocycles. The highest BCUT2D eigenvalue weighted by molar-refractivity contribution is 5.81. The van der Waals surface area contributed by atoms with Crippen molar-refractivity contribution in [3.05, 3.63) is 30.0 Å². The summed E-state index contributed by atoms with van der Waals surface area (Å²) in [6.45, 7) is 5.10. The molecule has 1 aromatic carbocycles. The van der Waals surface area contributed by atoms with Crippen molar-refractivity contribution >= 4 is 10.9 Å². The maximum absolute atomic E-state index is 5.36. The molecule has 96 valence electrons. The van der Waals surface area contributed by atoms with E-state index in [4.69, 9.17) is 4.74 Å². The van der Waals surface area contributed by atoms with Crippen molar-refractivity contribution in [3.63, 3.8) is 0 Å². The molecule has 0 radical (unpaired) electrons. The maximum Gasteiger partial charge on any atom is 0.0653 e. The standard InChI is InChI=1S/C14H19N3O/c1-3-12(13-11-15-16-14(13)5-1)4-2-6-17-7-9-18-10-8-17/h1,3,5,11H,2,4,6-10H2,(H,15,16). The minimum atomic E-state index is 0.886. The van der Waals surface area contributed by atoms with E-state index < -0.39 is 0 Å². The first-order valence-corrected chi connectivity index (χ1v) is 6.64. The lowest BCUT2D eigenvalue weighted by molar-refractivity contribution is 0.0375. The second-order valence-electron chi connectivity index (χ2n) is 4.81. The number of benzene rings is 1. The van der Waals surface area contributed by atoms with Crippen LogP contribution in [0.25, 0.3) is 10.9 Å². The first-order valence-electron chi connectivity index (χ1n) is 6.64. The largest absolute Gasteiger partial charge is 0.379 e. The summed E-state index contributed by atoms with van der Waals surface area (Å²) < 4.78 is 5.36. The average molecular weight is 245 g/mol. The molecular formula is C14H19N3O. The van der Waals surface area contributed by atoms with Crippen LogP contribution in [0.2, 0.25) is 0 Å². The smallest absolute Gasteiger partial charge is 0.0653 e. The molecule has 1 fully saturated rings. The van der Waals surface area contributed by atoms with Crippen LogP contribution in [0.15, 0.2) is 24.4 Å². The predicted molar refractivity (Wildman–Crippen MR) is 71.7 cm³/mol. The number of nitrogens with one attached hydrogen (secondary N) is 1. The number of hydrogen-bond acceptors (Lipinski definition) is 3. The van der Waals surface area contributed by atoms with Crippen LogP contribution in [0, 0.1) is 0 Å². The first-order chi connectivity index (χ1) is 8.93. The van der Waals surface area contributed by atoms with Crippen LogP contribution >= 0.6 is 0 Å². The third kappa shape index (κ3) is 2.54. The highest BCUT2D eigenvalue weighted by Crippen LogP contribution is 2.17. The van der Waals surface area contributed by atoms with Gasteiger partial charge in [-0.3, -0.25) is 10.00 Å². The molecule has 1 aliphatic rings. The summed E-state index contributed by atoms with van der Waals surface area (Å²) in [5, 5.41) is 8.39. The molecule has 0 atom stereocenters. The van der Waals surface area contributed by atoms with Crippen LogP contribution in [-0.2, 0) is 11.2 Å². The van der Waals surface area contributed by atoms with Crippen molar-refractivity contribution in [3.8, 4) is 0 Å². The Kier molecular flexibility index (Phi) is 3.57. The molecule has 4 heteroatoms. The number of H-pyrrole nitrogens is 1. The van der Waals surface area contributed by atoms with Crippen molar-refractivity contribution in [2.45, 2.75) is 12.8 Å². The fraction of sp³-hybridized carbons (Fsp3) is 0.500. The normalized spacial score (nSPS) is 17.3. The van der Waals surface area contributed by atoms with Crippen molar-refractivity contribution < 1.29 is 4.74 Å². The van der Waals surface area contributed by atoms with Crippen molar-refractivity contribution in [2.75, 3.05) is 32.8 Å². The Morgan fingerprint density at radius 2 is 2.17 bits per heavy atom. The molecule has 1 N–H and O–H groups in total. The molecule has 0 saturated carbocycles. The van der Waals surface area contributed by atoms with Gasteiger partial charge in [0.1, 0.15) is 0 Å². The van der Waals surface area contributed by atoms with Crippen molar-refractivity contribution in [2.24, 2.45) is 0 Å². The Morgan fingerprint density at radius 3 is 3.06 bits per heavy atom. The van der Waals surface area contributed by atoms with Gasteiger partial charge in [-0.1, -0.05) is 12.1 Å².